The van der Waals surface area contributed by atoms with E-state index in [-0.39, 0.29) is 17.1 Å². The fraction of sp³-hybridized carbons (Fsp3) is 0.588. The van der Waals surface area contributed by atoms with Crippen LogP contribution >= 0.6 is 27.5 Å². The minimum absolute atomic E-state index is 0.113. The average molecular weight is 446 g/mol. The van der Waals surface area contributed by atoms with E-state index in [1.54, 1.807) is 0 Å². The first-order valence-electron chi connectivity index (χ1n) is 8.61. The smallest absolute Gasteiger partial charge is 0.405 e. The first-order chi connectivity index (χ1) is 12.2. The molecule has 2 fully saturated rings. The largest absolute Gasteiger partial charge is 0.465 e. The second-order valence-electron chi connectivity index (χ2n) is 7.39. The fourth-order valence-electron chi connectivity index (χ4n) is 3.44. The van der Waals surface area contributed by atoms with Gasteiger partial charge in [0, 0.05) is 25.3 Å². The van der Waals surface area contributed by atoms with E-state index in [2.05, 4.69) is 31.5 Å². The molecule has 7 nitrogen and oxygen atoms in total. The van der Waals surface area contributed by atoms with Crippen molar-refractivity contribution in [2.45, 2.75) is 44.7 Å². The van der Waals surface area contributed by atoms with Gasteiger partial charge in [-0.1, -0.05) is 11.6 Å². The Labute approximate surface area is 165 Å². The van der Waals surface area contributed by atoms with Gasteiger partial charge in [-0.2, -0.15) is 0 Å². The van der Waals surface area contributed by atoms with Crippen molar-refractivity contribution in [3.05, 3.63) is 21.4 Å². The molecule has 1 unspecified atom stereocenters. The highest BCUT2D eigenvalue weighted by Crippen LogP contribution is 2.38. The van der Waals surface area contributed by atoms with E-state index in [0.717, 1.165) is 12.8 Å². The molecular weight excluding hydrogens is 424 g/mol. The zero-order chi connectivity index (χ0) is 19.1. The molecule has 1 aromatic heterocycles. The predicted molar refractivity (Wildman–Crippen MR) is 103 cm³/mol. The Balaban J connectivity index is 1.87. The Morgan fingerprint density at radius 2 is 2.19 bits per heavy atom. The van der Waals surface area contributed by atoms with Gasteiger partial charge in [0.15, 0.2) is 0 Å². The molecule has 2 atom stereocenters. The summed E-state index contributed by atoms with van der Waals surface area (Å²) in [6.07, 6.45) is 3.34. The number of nitrogens with one attached hydrogen (secondary N) is 2. The minimum atomic E-state index is -1.06. The van der Waals surface area contributed by atoms with Crippen LogP contribution in [-0.2, 0) is 0 Å². The number of rotatable bonds is 5. The molecular formula is C17H22BrClN4O3. The van der Waals surface area contributed by atoms with E-state index >= 15 is 0 Å². The van der Waals surface area contributed by atoms with Crippen molar-refractivity contribution in [3.63, 3.8) is 0 Å². The molecule has 0 radical (unpaired) electrons. The van der Waals surface area contributed by atoms with Crippen LogP contribution in [0, 0.1) is 5.92 Å². The zero-order valence-corrected chi connectivity index (χ0v) is 17.0. The highest BCUT2D eigenvalue weighted by Gasteiger charge is 2.38. The van der Waals surface area contributed by atoms with E-state index in [1.807, 2.05) is 18.7 Å². The van der Waals surface area contributed by atoms with Gasteiger partial charge in [-0.3, -0.25) is 4.79 Å². The van der Waals surface area contributed by atoms with Gasteiger partial charge in [-0.05, 0) is 55.0 Å². The van der Waals surface area contributed by atoms with Gasteiger partial charge in [0.1, 0.15) is 5.15 Å². The van der Waals surface area contributed by atoms with Crippen molar-refractivity contribution in [2.24, 2.45) is 5.92 Å². The molecule has 1 aliphatic heterocycles. The van der Waals surface area contributed by atoms with E-state index in [4.69, 9.17) is 16.7 Å². The molecule has 0 spiro atoms. The van der Waals surface area contributed by atoms with Crippen molar-refractivity contribution in [3.8, 4) is 0 Å². The van der Waals surface area contributed by atoms with Gasteiger partial charge >= 0.3 is 6.09 Å². The third-order valence-corrected chi connectivity index (χ3v) is 6.35. The Morgan fingerprint density at radius 3 is 2.81 bits per heavy atom. The molecule has 1 saturated heterocycles. The number of halogens is 2. The number of pyridine rings is 1. The van der Waals surface area contributed by atoms with Crippen LogP contribution in [0.2, 0.25) is 5.15 Å². The van der Waals surface area contributed by atoms with Crippen LogP contribution in [0.5, 0.6) is 0 Å². The van der Waals surface area contributed by atoms with Gasteiger partial charge in [0.05, 0.1) is 21.3 Å². The maximum Gasteiger partial charge on any atom is 0.405 e. The van der Waals surface area contributed by atoms with Crippen molar-refractivity contribution in [2.75, 3.05) is 18.0 Å². The molecule has 1 aromatic rings. The van der Waals surface area contributed by atoms with Crippen LogP contribution in [-0.4, -0.2) is 46.8 Å². The normalized spacial score (nSPS) is 23.6. The van der Waals surface area contributed by atoms with Gasteiger partial charge in [-0.15, -0.1) is 0 Å². The van der Waals surface area contributed by atoms with E-state index in [1.165, 1.54) is 6.20 Å². The molecule has 9 heteroatoms. The Morgan fingerprint density at radius 1 is 1.50 bits per heavy atom. The predicted octanol–water partition coefficient (Wildman–Crippen LogP) is 3.26. The number of carbonyl (C=O) groups excluding carboxylic acids is 1. The summed E-state index contributed by atoms with van der Waals surface area (Å²) in [4.78, 5) is 30.0. The Kier molecular flexibility index (Phi) is 5.35. The molecule has 1 saturated carbocycles. The average Bonchev–Trinajstić information content (AvgIpc) is 3.33. The summed E-state index contributed by atoms with van der Waals surface area (Å²) in [6, 6.07) is 0.113. The molecule has 2 amide bonds. The Hall–Kier alpha value is -1.54. The highest BCUT2D eigenvalue weighted by molar-refractivity contribution is 9.10. The van der Waals surface area contributed by atoms with Crippen LogP contribution < -0.4 is 15.5 Å². The van der Waals surface area contributed by atoms with Crippen LogP contribution in [0.1, 0.15) is 43.5 Å². The molecule has 1 aliphatic carbocycles. The van der Waals surface area contributed by atoms with E-state index < -0.39 is 11.6 Å². The lowest BCUT2D eigenvalue weighted by atomic mass is 10.0. The molecule has 2 aliphatic rings. The quantitative estimate of drug-likeness (QED) is 0.605. The molecule has 3 rings (SSSR count). The molecule has 0 bridgehead atoms. The lowest BCUT2D eigenvalue weighted by Crippen LogP contribution is -2.47. The number of hydrogen-bond acceptors (Lipinski definition) is 4. The minimum Gasteiger partial charge on any atom is -0.465 e. The lowest BCUT2D eigenvalue weighted by molar-refractivity contribution is 0.0935. The number of aromatic nitrogens is 1. The van der Waals surface area contributed by atoms with Crippen molar-refractivity contribution in [1.29, 1.82) is 0 Å². The molecule has 0 aromatic carbocycles. The van der Waals surface area contributed by atoms with Crippen molar-refractivity contribution in [1.82, 2.24) is 15.6 Å². The SMILES string of the molecule is C[C@H](NC(=O)c1cnc(Cl)c(Br)c1N1CCC(C)(NC(=O)O)C1)C1CC1. The number of anilines is 1. The van der Waals surface area contributed by atoms with E-state index in [0.29, 0.717) is 41.2 Å². The standard InChI is InChI=1S/C17H22BrClN4O3/c1-9(10-3-4-10)21-15(24)11-7-20-14(19)12(18)13(11)23-6-5-17(2,8-23)22-16(25)26/h7,9-10,22H,3-6,8H2,1-2H3,(H,21,24)(H,25,26)/t9-,17?/m0/s1. The number of hydrogen-bond donors (Lipinski definition) is 3. The lowest BCUT2D eigenvalue weighted by Gasteiger charge is -2.27. The maximum atomic E-state index is 12.8. The van der Waals surface area contributed by atoms with Gasteiger partial charge in [0.25, 0.3) is 5.91 Å². The first-order valence-corrected chi connectivity index (χ1v) is 9.78. The number of amides is 2. The van der Waals surface area contributed by atoms with Gasteiger partial charge in [-0.25, -0.2) is 9.78 Å². The topological polar surface area (TPSA) is 94.6 Å². The molecule has 3 N–H and O–H groups in total. The van der Waals surface area contributed by atoms with Crippen LogP contribution in [0.4, 0.5) is 10.5 Å². The third-order valence-electron chi connectivity index (χ3n) is 5.08. The first kappa shape index (κ1) is 19.2. The zero-order valence-electron chi connectivity index (χ0n) is 14.7. The van der Waals surface area contributed by atoms with E-state index in [9.17, 15) is 9.59 Å². The van der Waals surface area contributed by atoms with Crippen molar-refractivity contribution >= 4 is 45.2 Å². The van der Waals surface area contributed by atoms with Crippen LogP contribution in [0.3, 0.4) is 0 Å². The third kappa shape index (κ3) is 4.06. The van der Waals surface area contributed by atoms with Crippen molar-refractivity contribution < 1.29 is 14.7 Å². The second kappa shape index (κ2) is 7.23. The summed E-state index contributed by atoms with van der Waals surface area (Å²) >= 11 is 9.62. The molecule has 26 heavy (non-hydrogen) atoms. The monoisotopic (exact) mass is 444 g/mol. The summed E-state index contributed by atoms with van der Waals surface area (Å²) in [5, 5.41) is 14.9. The summed E-state index contributed by atoms with van der Waals surface area (Å²) in [7, 11) is 0. The maximum absolute atomic E-state index is 12.8. The van der Waals surface area contributed by atoms with Gasteiger partial charge < -0.3 is 20.6 Å². The summed E-state index contributed by atoms with van der Waals surface area (Å²) < 4.78 is 0.547. The molecule has 142 valence electrons. The second-order valence-corrected chi connectivity index (χ2v) is 8.54. The fourth-order valence-corrected chi connectivity index (χ4v) is 4.15. The van der Waals surface area contributed by atoms with Gasteiger partial charge in [0.2, 0.25) is 0 Å². The van der Waals surface area contributed by atoms with Crippen LogP contribution in [0.25, 0.3) is 0 Å². The summed E-state index contributed by atoms with van der Waals surface area (Å²) in [5.41, 5.74) is 0.505. The molecule has 2 heterocycles. The number of nitrogens with zero attached hydrogens (tertiary/aromatic N) is 2. The van der Waals surface area contributed by atoms with Crippen LogP contribution in [0.15, 0.2) is 10.7 Å². The number of carboxylic acid groups (broad SMARTS) is 1. The Bertz CT molecular complexity index is 743. The summed E-state index contributed by atoms with van der Waals surface area (Å²) in [6.45, 7) is 4.91. The summed E-state index contributed by atoms with van der Waals surface area (Å²) in [5.74, 6) is 0.352. The highest BCUT2D eigenvalue weighted by atomic mass is 79.9. The number of carbonyl (C=O) groups is 2.